The molecule has 0 aromatic heterocycles. The Bertz CT molecular complexity index is 1620. The summed E-state index contributed by atoms with van der Waals surface area (Å²) < 4.78 is 0. The third kappa shape index (κ3) is 13.9. The lowest BCUT2D eigenvalue weighted by Crippen LogP contribution is -2.62. The molecule has 18 heteroatoms. The summed E-state index contributed by atoms with van der Waals surface area (Å²) in [4.78, 5) is 121. The average molecular weight is 802 g/mol. The fourth-order valence-corrected chi connectivity index (χ4v) is 7.19. The van der Waals surface area contributed by atoms with E-state index < -0.39 is 114 Å². The van der Waals surface area contributed by atoms with Crippen molar-refractivity contribution in [3.05, 3.63) is 35.9 Å². The first-order chi connectivity index (χ1) is 26.4. The molecule has 2 aliphatic rings. The van der Waals surface area contributed by atoms with Crippen molar-refractivity contribution in [1.82, 2.24) is 36.8 Å². The van der Waals surface area contributed by atoms with Gasteiger partial charge in [-0.1, -0.05) is 90.1 Å². The van der Waals surface area contributed by atoms with E-state index in [1.165, 1.54) is 0 Å². The second-order valence-corrected chi connectivity index (χ2v) is 16.2. The lowest BCUT2D eigenvalue weighted by atomic mass is 9.96. The molecule has 1 unspecified atom stereocenters. The first-order valence-electron chi connectivity index (χ1n) is 18.9. The summed E-state index contributed by atoms with van der Waals surface area (Å²) in [5, 5.41) is 24.7. The number of hydrogen-bond acceptors (Lipinski definition) is 10. The molecular formula is C38H55N7O10S. The number of carboxylic acid groups (broad SMARTS) is 1. The maximum absolute atomic E-state index is 13.9. The van der Waals surface area contributed by atoms with Crippen LogP contribution in [0.3, 0.4) is 0 Å². The van der Waals surface area contributed by atoms with Gasteiger partial charge in [-0.05, 0) is 36.2 Å². The largest absolute Gasteiger partial charge is 0.481 e. The SMILES string of the molecule is CC[C@@H](C)C1NC(=O)CN(CC(=O)N[C@H]2CSC(=O)[C@H](CC(C)C)NC(=O)[C@H](CC(C)C)NC(=O)[C@H](Cc3ccccc3)NC(=O)[C@H](CC(=O)O)NC2=O)C1=O. The van der Waals surface area contributed by atoms with Crippen molar-refractivity contribution in [2.24, 2.45) is 17.8 Å². The maximum atomic E-state index is 13.9. The van der Waals surface area contributed by atoms with E-state index in [0.29, 0.717) is 23.7 Å². The number of benzene rings is 1. The van der Waals surface area contributed by atoms with Gasteiger partial charge in [0.25, 0.3) is 0 Å². The second-order valence-electron chi connectivity index (χ2n) is 15.2. The van der Waals surface area contributed by atoms with E-state index in [2.05, 4.69) is 31.9 Å². The molecule has 7 N–H and O–H groups in total. The summed E-state index contributed by atoms with van der Waals surface area (Å²) in [5.74, 6) is -7.52. The molecule has 2 fully saturated rings. The fourth-order valence-electron chi connectivity index (χ4n) is 6.27. The number of hydrogen-bond donors (Lipinski definition) is 7. The van der Waals surface area contributed by atoms with Crippen molar-refractivity contribution in [1.29, 1.82) is 0 Å². The van der Waals surface area contributed by atoms with Crippen LogP contribution in [0.1, 0.15) is 72.8 Å². The molecule has 56 heavy (non-hydrogen) atoms. The molecule has 17 nitrogen and oxygen atoms in total. The molecule has 1 aromatic carbocycles. The normalized spacial score (nSPS) is 25.1. The third-order valence-corrected chi connectivity index (χ3v) is 10.5. The third-order valence-electron chi connectivity index (χ3n) is 9.40. The van der Waals surface area contributed by atoms with Crippen molar-refractivity contribution < 1.29 is 48.3 Å². The van der Waals surface area contributed by atoms with Gasteiger partial charge in [-0.25, -0.2) is 0 Å². The van der Waals surface area contributed by atoms with Crippen LogP contribution in [-0.2, 0) is 49.6 Å². The minimum atomic E-state index is -1.74. The Morgan fingerprint density at radius 3 is 1.95 bits per heavy atom. The number of piperazine rings is 1. The van der Waals surface area contributed by atoms with Gasteiger partial charge in [-0.3, -0.25) is 43.2 Å². The van der Waals surface area contributed by atoms with Crippen LogP contribution in [0.4, 0.5) is 0 Å². The van der Waals surface area contributed by atoms with Gasteiger partial charge in [0.15, 0.2) is 0 Å². The fraction of sp³-hybridized carbons (Fsp3) is 0.605. The Labute approximate surface area is 331 Å². The molecule has 308 valence electrons. The summed E-state index contributed by atoms with van der Waals surface area (Å²) in [5.41, 5.74) is 0.633. The van der Waals surface area contributed by atoms with Gasteiger partial charge in [0, 0.05) is 12.2 Å². The highest BCUT2D eigenvalue weighted by atomic mass is 32.2. The number of carbonyl (C=O) groups excluding carboxylic acids is 8. The molecule has 0 radical (unpaired) electrons. The predicted molar refractivity (Wildman–Crippen MR) is 206 cm³/mol. The van der Waals surface area contributed by atoms with Gasteiger partial charge in [-0.15, -0.1) is 0 Å². The molecule has 2 aliphatic heterocycles. The zero-order valence-electron chi connectivity index (χ0n) is 32.7. The second kappa shape index (κ2) is 21.3. The van der Waals surface area contributed by atoms with Crippen LogP contribution in [-0.4, -0.2) is 118 Å². The average Bonchev–Trinajstić information content (AvgIpc) is 3.12. The van der Waals surface area contributed by atoms with Gasteiger partial charge < -0.3 is 41.9 Å². The Morgan fingerprint density at radius 2 is 1.34 bits per heavy atom. The maximum Gasteiger partial charge on any atom is 0.305 e. The standard InChI is InChI=1S/C38H55N7O10S/c1-7-22(6)32-37(54)45(18-30(47)44-32)17-29(46)39-28-19-56-38(55)27(14-21(4)5)43-33(50)24(13-20(2)3)40-34(51)25(15-23-11-9-8-10-12-23)41-35(52)26(16-31(48)49)42-36(28)53/h8-12,20-22,24-28,32H,7,13-19H2,1-6H3,(H,39,46)(H,40,51)(H,41,52)(H,42,53)(H,43,50)(H,44,47)(H,48,49)/t22-,24+,25+,26+,27+,28+,32?/m1/s1. The van der Waals surface area contributed by atoms with E-state index in [1.54, 1.807) is 37.3 Å². The Balaban J connectivity index is 2.02. The Kier molecular flexibility index (Phi) is 17.3. The van der Waals surface area contributed by atoms with Crippen molar-refractivity contribution in [2.75, 3.05) is 18.8 Å². The van der Waals surface area contributed by atoms with Crippen LogP contribution in [0.25, 0.3) is 0 Å². The summed E-state index contributed by atoms with van der Waals surface area (Å²) in [6.07, 6.45) is -0.00860. The van der Waals surface area contributed by atoms with E-state index in [0.717, 1.165) is 4.90 Å². The minimum Gasteiger partial charge on any atom is -0.481 e. The number of aliphatic carboxylic acids is 1. The molecule has 0 saturated carbocycles. The van der Waals surface area contributed by atoms with Crippen LogP contribution in [0.5, 0.6) is 0 Å². The number of nitrogens with zero attached hydrogens (tertiary/aromatic N) is 1. The Morgan fingerprint density at radius 1 is 0.786 bits per heavy atom. The summed E-state index contributed by atoms with van der Waals surface area (Å²) >= 11 is 0.628. The molecule has 0 aliphatic carbocycles. The molecule has 7 amide bonds. The molecular weight excluding hydrogens is 747 g/mol. The zero-order valence-corrected chi connectivity index (χ0v) is 33.5. The van der Waals surface area contributed by atoms with Crippen LogP contribution in [0.15, 0.2) is 30.3 Å². The van der Waals surface area contributed by atoms with E-state index in [9.17, 15) is 48.3 Å². The lowest BCUT2D eigenvalue weighted by Gasteiger charge is -2.35. The van der Waals surface area contributed by atoms with Gasteiger partial charge in [0.05, 0.1) is 12.5 Å². The molecule has 2 heterocycles. The molecule has 7 atom stereocenters. The number of nitrogens with one attached hydrogen (secondary N) is 6. The number of carboxylic acids is 1. The van der Waals surface area contributed by atoms with Crippen molar-refractivity contribution in [2.45, 2.75) is 110 Å². The monoisotopic (exact) mass is 801 g/mol. The highest BCUT2D eigenvalue weighted by molar-refractivity contribution is 8.13. The van der Waals surface area contributed by atoms with E-state index in [-0.39, 0.29) is 37.0 Å². The van der Waals surface area contributed by atoms with Crippen molar-refractivity contribution in [3.63, 3.8) is 0 Å². The van der Waals surface area contributed by atoms with Gasteiger partial charge in [0.2, 0.25) is 46.5 Å². The Hall–Kier alpha value is -5.00. The highest BCUT2D eigenvalue weighted by Crippen LogP contribution is 2.18. The number of thioether (sulfide) groups is 1. The zero-order chi connectivity index (χ0) is 41.7. The number of amides is 7. The van der Waals surface area contributed by atoms with Crippen molar-refractivity contribution in [3.8, 4) is 0 Å². The topological polar surface area (TPSA) is 249 Å². The van der Waals surface area contributed by atoms with Crippen molar-refractivity contribution >= 4 is 64.2 Å². The highest BCUT2D eigenvalue weighted by Gasteiger charge is 2.38. The molecule has 2 saturated heterocycles. The smallest absolute Gasteiger partial charge is 0.305 e. The first-order valence-corrected chi connectivity index (χ1v) is 19.9. The van der Waals surface area contributed by atoms with E-state index in [4.69, 9.17) is 0 Å². The van der Waals surface area contributed by atoms with Crippen LogP contribution in [0, 0.1) is 17.8 Å². The summed E-state index contributed by atoms with van der Waals surface area (Å²) in [6.45, 7) is 10.0. The van der Waals surface area contributed by atoms with Crippen LogP contribution >= 0.6 is 11.8 Å². The molecule has 1 aromatic rings. The minimum absolute atomic E-state index is 0.0584. The van der Waals surface area contributed by atoms with Gasteiger partial charge >= 0.3 is 5.97 Å². The molecule has 0 bridgehead atoms. The number of rotatable bonds is 13. The molecule has 0 spiro atoms. The van der Waals surface area contributed by atoms with E-state index in [1.807, 2.05) is 34.6 Å². The van der Waals surface area contributed by atoms with Crippen LogP contribution in [0.2, 0.25) is 0 Å². The quantitative estimate of drug-likeness (QED) is 0.138. The summed E-state index contributed by atoms with van der Waals surface area (Å²) in [6, 6.07) is 0.990. The molecule has 3 rings (SSSR count). The van der Waals surface area contributed by atoms with E-state index >= 15 is 0 Å². The predicted octanol–water partition coefficient (Wildman–Crippen LogP) is -0.133. The van der Waals surface area contributed by atoms with Gasteiger partial charge in [0.1, 0.15) is 43.3 Å². The van der Waals surface area contributed by atoms with Crippen LogP contribution < -0.4 is 31.9 Å². The number of carbonyl (C=O) groups is 9. The lowest BCUT2D eigenvalue weighted by molar-refractivity contribution is -0.148. The first kappa shape index (κ1) is 45.4. The van der Waals surface area contributed by atoms with Gasteiger partial charge in [-0.2, -0.15) is 0 Å². The summed E-state index contributed by atoms with van der Waals surface area (Å²) in [7, 11) is 0.